The van der Waals surface area contributed by atoms with Crippen LogP contribution in [0.2, 0.25) is 0 Å². The first-order valence-electron chi connectivity index (χ1n) is 23.9. The van der Waals surface area contributed by atoms with E-state index < -0.39 is 35.3 Å². The molecule has 7 rings (SSSR count). The molecule has 1 aliphatic carbocycles. The van der Waals surface area contributed by atoms with Gasteiger partial charge in [-0.1, -0.05) is 102 Å². The molecule has 2 N–H and O–H groups in total. The Labute approximate surface area is 398 Å². The van der Waals surface area contributed by atoms with Gasteiger partial charge in [-0.15, -0.1) is 0 Å². The van der Waals surface area contributed by atoms with Crippen molar-refractivity contribution in [2.75, 3.05) is 10.6 Å². The van der Waals surface area contributed by atoms with E-state index in [4.69, 9.17) is 9.47 Å². The molecule has 0 fully saturated rings. The van der Waals surface area contributed by atoms with Crippen LogP contribution >= 0.6 is 0 Å². The highest BCUT2D eigenvalue weighted by Gasteiger charge is 2.40. The standard InChI is InChI=1S/C58H58N2O8/c1-5-9-13-37-17-25-41(26-18-37)55(63)59-45-33-35-47(67-57(65)43-29-21-39(22-30-43)15-11-7-3)51-49(45)53(61)50-46(60-56(64)42-27-19-38(20-28-42)14-10-6-2)34-36-48(52(50)54(51)62)68-58(66)44-31-23-40(24-32-44)16-12-8-4/h17-36H,5-16H2,1-4H3,(H,59,63)(H,60,64). The summed E-state index contributed by atoms with van der Waals surface area (Å²) in [5, 5.41) is 5.66. The zero-order valence-electron chi connectivity index (χ0n) is 39.3. The number of carbonyl (C=O) groups is 6. The van der Waals surface area contributed by atoms with Gasteiger partial charge in [0, 0.05) is 11.1 Å². The highest BCUT2D eigenvalue weighted by atomic mass is 16.5. The van der Waals surface area contributed by atoms with Crippen LogP contribution in [-0.2, 0) is 25.7 Å². The van der Waals surface area contributed by atoms with E-state index in [1.807, 2.05) is 48.5 Å². The Morgan fingerprint density at radius 2 is 0.647 bits per heavy atom. The lowest BCUT2D eigenvalue weighted by Crippen LogP contribution is -2.28. The van der Waals surface area contributed by atoms with Crippen molar-refractivity contribution in [2.24, 2.45) is 0 Å². The van der Waals surface area contributed by atoms with Crippen LogP contribution in [0, 0.1) is 0 Å². The quantitative estimate of drug-likeness (QED) is 0.0568. The van der Waals surface area contributed by atoms with Crippen molar-refractivity contribution in [3.63, 3.8) is 0 Å². The molecule has 6 aromatic rings. The van der Waals surface area contributed by atoms with Crippen molar-refractivity contribution < 1.29 is 38.2 Å². The van der Waals surface area contributed by atoms with Crippen LogP contribution in [0.25, 0.3) is 0 Å². The second kappa shape index (κ2) is 22.8. The van der Waals surface area contributed by atoms with Crippen molar-refractivity contribution in [1.82, 2.24) is 0 Å². The second-order valence-corrected chi connectivity index (χ2v) is 17.3. The monoisotopic (exact) mass is 910 g/mol. The van der Waals surface area contributed by atoms with Gasteiger partial charge in [-0.05, 0) is 146 Å². The summed E-state index contributed by atoms with van der Waals surface area (Å²) in [6.07, 6.45) is 11.4. The van der Waals surface area contributed by atoms with E-state index in [0.717, 1.165) is 99.3 Å². The molecule has 6 aromatic carbocycles. The molecule has 0 aromatic heterocycles. The average Bonchev–Trinajstić information content (AvgIpc) is 3.36. The van der Waals surface area contributed by atoms with Crippen LogP contribution in [0.3, 0.4) is 0 Å². The molecule has 0 spiro atoms. The number of nitrogens with one attached hydrogen (secondary N) is 2. The molecule has 0 atom stereocenters. The van der Waals surface area contributed by atoms with Crippen LogP contribution in [0.1, 0.15) is 175 Å². The number of benzene rings is 6. The second-order valence-electron chi connectivity index (χ2n) is 17.3. The number of esters is 2. The summed E-state index contributed by atoms with van der Waals surface area (Å²) < 4.78 is 11.9. The number of ketones is 2. The van der Waals surface area contributed by atoms with Crippen LogP contribution in [0.15, 0.2) is 121 Å². The molecule has 0 saturated carbocycles. The molecule has 1 aliphatic rings. The lowest BCUT2D eigenvalue weighted by atomic mass is 9.81. The van der Waals surface area contributed by atoms with E-state index in [9.17, 15) is 19.2 Å². The molecule has 0 unspecified atom stereocenters. The predicted octanol–water partition coefficient (Wildman–Crippen LogP) is 12.8. The molecule has 2 amide bonds. The fraction of sp³-hybridized carbons (Fsp3) is 0.276. The molecule has 348 valence electrons. The number of ether oxygens (including phenoxy) is 2. The molecule has 10 heteroatoms. The Kier molecular flexibility index (Phi) is 16.3. The lowest BCUT2D eigenvalue weighted by molar-refractivity contribution is 0.0725. The Balaban J connectivity index is 1.32. The Hall–Kier alpha value is -7.46. The number of hydrogen-bond acceptors (Lipinski definition) is 8. The van der Waals surface area contributed by atoms with Crippen LogP contribution < -0.4 is 20.1 Å². The van der Waals surface area contributed by atoms with Gasteiger partial charge in [0.25, 0.3) is 11.8 Å². The molecule has 0 heterocycles. The Morgan fingerprint density at radius 1 is 0.368 bits per heavy atom. The lowest BCUT2D eigenvalue weighted by Gasteiger charge is -2.26. The molecular formula is C58H58N2O8. The highest BCUT2D eigenvalue weighted by molar-refractivity contribution is 6.35. The number of carbonyl (C=O) groups excluding carboxylic acids is 6. The first kappa shape index (κ1) is 48.5. The predicted molar refractivity (Wildman–Crippen MR) is 266 cm³/mol. The minimum absolute atomic E-state index is 0.0327. The van der Waals surface area contributed by atoms with Crippen molar-refractivity contribution in [2.45, 2.75) is 105 Å². The van der Waals surface area contributed by atoms with Crippen LogP contribution in [0.5, 0.6) is 11.5 Å². The average molecular weight is 911 g/mol. The number of fused-ring (bicyclic) bond motifs is 2. The van der Waals surface area contributed by atoms with Gasteiger partial charge in [0.2, 0.25) is 5.78 Å². The molecule has 0 aliphatic heterocycles. The minimum atomic E-state index is -0.835. The van der Waals surface area contributed by atoms with E-state index in [1.165, 1.54) is 24.3 Å². The maximum absolute atomic E-state index is 15.3. The van der Waals surface area contributed by atoms with Crippen LogP contribution in [-0.4, -0.2) is 35.3 Å². The summed E-state index contributed by atoms with van der Waals surface area (Å²) >= 11 is 0. The van der Waals surface area contributed by atoms with Gasteiger partial charge < -0.3 is 20.1 Å². The number of amides is 2. The zero-order valence-corrected chi connectivity index (χ0v) is 39.3. The van der Waals surface area contributed by atoms with Crippen molar-refractivity contribution in [3.8, 4) is 11.5 Å². The van der Waals surface area contributed by atoms with Gasteiger partial charge >= 0.3 is 11.9 Å². The normalized spacial score (nSPS) is 11.6. The van der Waals surface area contributed by atoms with Crippen LogP contribution in [0.4, 0.5) is 11.4 Å². The molecular weight excluding hydrogens is 853 g/mol. The largest absolute Gasteiger partial charge is 0.422 e. The van der Waals surface area contributed by atoms with E-state index in [-0.39, 0.29) is 56.3 Å². The van der Waals surface area contributed by atoms with Gasteiger partial charge in [0.15, 0.2) is 5.78 Å². The van der Waals surface area contributed by atoms with Gasteiger partial charge in [0.1, 0.15) is 11.5 Å². The summed E-state index contributed by atoms with van der Waals surface area (Å²) in [7, 11) is 0. The third-order valence-electron chi connectivity index (χ3n) is 12.2. The maximum atomic E-state index is 15.3. The molecule has 0 saturated heterocycles. The topological polar surface area (TPSA) is 145 Å². The summed E-state index contributed by atoms with van der Waals surface area (Å²) in [6.45, 7) is 8.42. The SMILES string of the molecule is CCCCc1ccc(C(=O)Nc2ccc(OC(=O)c3ccc(CCCC)cc3)c3c2C(=O)c2c(NC(=O)c4ccc(CCCC)cc4)ccc(OC(=O)c4ccc(CCCC)cc4)c2C3=O)cc1. The number of anilines is 2. The molecule has 0 bridgehead atoms. The molecule has 10 nitrogen and oxygen atoms in total. The van der Waals surface area contributed by atoms with Gasteiger partial charge in [-0.2, -0.15) is 0 Å². The zero-order chi connectivity index (χ0) is 48.2. The van der Waals surface area contributed by atoms with Gasteiger partial charge in [-0.3, -0.25) is 19.2 Å². The van der Waals surface area contributed by atoms with E-state index in [0.29, 0.717) is 11.1 Å². The van der Waals surface area contributed by atoms with E-state index in [2.05, 4.69) is 38.3 Å². The first-order chi connectivity index (χ1) is 33.0. The summed E-state index contributed by atoms with van der Waals surface area (Å²) in [4.78, 5) is 86.2. The fourth-order valence-corrected chi connectivity index (χ4v) is 8.21. The summed E-state index contributed by atoms with van der Waals surface area (Å²) in [5.41, 5.74) is 4.05. The number of unbranched alkanes of at least 4 members (excludes halogenated alkanes) is 4. The first-order valence-corrected chi connectivity index (χ1v) is 23.9. The van der Waals surface area contributed by atoms with E-state index >= 15 is 9.59 Å². The fourth-order valence-electron chi connectivity index (χ4n) is 8.21. The number of aryl methyl sites for hydroxylation is 4. The third kappa shape index (κ3) is 11.4. The summed E-state index contributed by atoms with van der Waals surface area (Å²) in [6, 6.07) is 33.8. The van der Waals surface area contributed by atoms with Gasteiger partial charge in [-0.25, -0.2) is 9.59 Å². The van der Waals surface area contributed by atoms with Crippen molar-refractivity contribution in [3.05, 3.63) is 188 Å². The number of hydrogen-bond donors (Lipinski definition) is 2. The van der Waals surface area contributed by atoms with Gasteiger partial charge in [0.05, 0.1) is 44.8 Å². The maximum Gasteiger partial charge on any atom is 0.343 e. The third-order valence-corrected chi connectivity index (χ3v) is 12.2. The minimum Gasteiger partial charge on any atom is -0.422 e. The molecule has 0 radical (unpaired) electrons. The Bertz CT molecular complexity index is 2430. The van der Waals surface area contributed by atoms with E-state index in [1.54, 1.807) is 48.5 Å². The van der Waals surface area contributed by atoms with Crippen molar-refractivity contribution >= 4 is 46.7 Å². The smallest absolute Gasteiger partial charge is 0.343 e. The number of rotatable bonds is 20. The molecule has 68 heavy (non-hydrogen) atoms. The summed E-state index contributed by atoms with van der Waals surface area (Å²) in [5.74, 6) is -4.79. The van der Waals surface area contributed by atoms with Crippen molar-refractivity contribution in [1.29, 1.82) is 0 Å². The Morgan fingerprint density at radius 3 is 0.941 bits per heavy atom. The highest BCUT2D eigenvalue weighted by Crippen LogP contribution is 2.44.